The van der Waals surface area contributed by atoms with Crippen LogP contribution in [0, 0.1) is 6.92 Å². The van der Waals surface area contributed by atoms with E-state index in [1.165, 1.54) is 16.5 Å². The number of aryl methyl sites for hydroxylation is 1. The quantitative estimate of drug-likeness (QED) is 0.576. The van der Waals surface area contributed by atoms with Gasteiger partial charge in [0.25, 0.3) is 5.91 Å². The predicted octanol–water partition coefficient (Wildman–Crippen LogP) is 2.24. The van der Waals surface area contributed by atoms with Gasteiger partial charge in [0.15, 0.2) is 5.69 Å². The van der Waals surface area contributed by atoms with Crippen LogP contribution < -0.4 is 10.6 Å². The van der Waals surface area contributed by atoms with E-state index in [-0.39, 0.29) is 18.3 Å². The van der Waals surface area contributed by atoms with Crippen LogP contribution in [-0.2, 0) is 19.4 Å². The molecule has 25 heavy (non-hydrogen) atoms. The highest BCUT2D eigenvalue weighted by Gasteiger charge is 2.21. The van der Waals surface area contributed by atoms with Crippen molar-refractivity contribution in [2.24, 2.45) is 0 Å². The molecule has 0 unspecified atom stereocenters. The van der Waals surface area contributed by atoms with Crippen molar-refractivity contribution in [1.82, 2.24) is 25.8 Å². The van der Waals surface area contributed by atoms with E-state index in [1.807, 2.05) is 6.20 Å². The molecule has 3 aromatic rings. The molecule has 4 N–H and O–H groups in total. The van der Waals surface area contributed by atoms with Gasteiger partial charge in [-0.2, -0.15) is 5.10 Å². The molecule has 3 heterocycles. The number of carbonyl (C=O) groups excluding carboxylic acids is 1. The van der Waals surface area contributed by atoms with Crippen LogP contribution in [0.3, 0.4) is 0 Å². The Balaban J connectivity index is 0.00000182. The topological polar surface area (TPSA) is 85.6 Å². The van der Waals surface area contributed by atoms with E-state index in [9.17, 15) is 4.79 Å². The van der Waals surface area contributed by atoms with Crippen LogP contribution in [0.2, 0.25) is 0 Å². The molecule has 1 aliphatic rings. The zero-order valence-corrected chi connectivity index (χ0v) is 14.9. The molecule has 0 fully saturated rings. The van der Waals surface area contributed by atoms with E-state index in [1.54, 1.807) is 0 Å². The van der Waals surface area contributed by atoms with E-state index in [0.717, 1.165) is 36.2 Å². The maximum Gasteiger partial charge on any atom is 0.272 e. The Hall–Kier alpha value is -2.31. The van der Waals surface area contributed by atoms with Gasteiger partial charge in [-0.05, 0) is 30.5 Å². The third kappa shape index (κ3) is 3.27. The molecule has 0 radical (unpaired) electrons. The Labute approximate surface area is 152 Å². The normalized spacial score (nSPS) is 13.3. The number of aromatic nitrogens is 3. The molecule has 0 spiro atoms. The smallest absolute Gasteiger partial charge is 0.272 e. The summed E-state index contributed by atoms with van der Waals surface area (Å²) in [4.78, 5) is 15.7. The lowest BCUT2D eigenvalue weighted by atomic mass is 10.1. The largest absolute Gasteiger partial charge is 0.361 e. The van der Waals surface area contributed by atoms with Crippen LogP contribution in [0.5, 0.6) is 0 Å². The van der Waals surface area contributed by atoms with E-state index in [2.05, 4.69) is 50.9 Å². The van der Waals surface area contributed by atoms with Crippen molar-refractivity contribution in [3.8, 4) is 0 Å². The van der Waals surface area contributed by atoms with Gasteiger partial charge < -0.3 is 15.6 Å². The maximum atomic E-state index is 12.4. The van der Waals surface area contributed by atoms with Crippen molar-refractivity contribution in [2.45, 2.75) is 26.3 Å². The highest BCUT2D eigenvalue weighted by molar-refractivity contribution is 5.94. The second kappa shape index (κ2) is 7.29. The van der Waals surface area contributed by atoms with Crippen LogP contribution in [-0.4, -0.2) is 34.2 Å². The lowest BCUT2D eigenvalue weighted by molar-refractivity contribution is 0.0948. The van der Waals surface area contributed by atoms with Crippen molar-refractivity contribution in [3.63, 3.8) is 0 Å². The van der Waals surface area contributed by atoms with Crippen molar-refractivity contribution in [1.29, 1.82) is 0 Å². The third-order valence-electron chi connectivity index (χ3n) is 4.70. The average Bonchev–Trinajstić information content (AvgIpc) is 3.20. The lowest BCUT2D eigenvalue weighted by Gasteiger charge is -2.12. The Morgan fingerprint density at radius 2 is 2.24 bits per heavy atom. The molecule has 132 valence electrons. The fourth-order valence-electron chi connectivity index (χ4n) is 3.46. The fourth-order valence-corrected chi connectivity index (χ4v) is 3.46. The zero-order valence-electron chi connectivity index (χ0n) is 14.1. The van der Waals surface area contributed by atoms with Crippen LogP contribution in [0.4, 0.5) is 0 Å². The minimum Gasteiger partial charge on any atom is -0.361 e. The van der Waals surface area contributed by atoms with Crippen LogP contribution >= 0.6 is 12.4 Å². The van der Waals surface area contributed by atoms with Crippen molar-refractivity contribution >= 4 is 29.2 Å². The molecule has 4 rings (SSSR count). The fraction of sp³-hybridized carbons (Fsp3) is 0.333. The molecule has 0 saturated carbocycles. The number of amides is 1. The first-order chi connectivity index (χ1) is 11.7. The van der Waals surface area contributed by atoms with Crippen LogP contribution in [0.15, 0.2) is 24.4 Å². The van der Waals surface area contributed by atoms with Crippen molar-refractivity contribution in [3.05, 3.63) is 52.5 Å². The second-order valence-corrected chi connectivity index (χ2v) is 6.27. The second-order valence-electron chi connectivity index (χ2n) is 6.27. The van der Waals surface area contributed by atoms with Gasteiger partial charge in [-0.15, -0.1) is 12.4 Å². The Morgan fingerprint density at radius 1 is 1.36 bits per heavy atom. The Kier molecular flexibility index (Phi) is 5.11. The number of nitrogens with one attached hydrogen (secondary N) is 4. The summed E-state index contributed by atoms with van der Waals surface area (Å²) in [6.45, 7) is 4.34. The highest BCUT2D eigenvalue weighted by Crippen LogP contribution is 2.22. The van der Waals surface area contributed by atoms with Gasteiger partial charge >= 0.3 is 0 Å². The number of benzene rings is 1. The Bertz CT molecular complexity index is 898. The molecule has 0 aliphatic carbocycles. The molecule has 0 saturated heterocycles. The molecule has 1 aromatic carbocycles. The molecule has 1 aliphatic heterocycles. The van der Waals surface area contributed by atoms with Gasteiger partial charge in [0.1, 0.15) is 0 Å². The number of hydrogen-bond acceptors (Lipinski definition) is 3. The summed E-state index contributed by atoms with van der Waals surface area (Å²) in [6.07, 6.45) is 3.72. The predicted molar refractivity (Wildman–Crippen MR) is 100 cm³/mol. The van der Waals surface area contributed by atoms with Crippen LogP contribution in [0.1, 0.15) is 32.9 Å². The number of H-pyrrole nitrogens is 2. The van der Waals surface area contributed by atoms with Gasteiger partial charge in [-0.25, -0.2) is 0 Å². The molecule has 2 aromatic heterocycles. The van der Waals surface area contributed by atoms with E-state index < -0.39 is 0 Å². The first-order valence-corrected chi connectivity index (χ1v) is 8.34. The van der Waals surface area contributed by atoms with Crippen molar-refractivity contribution < 1.29 is 4.79 Å². The third-order valence-corrected chi connectivity index (χ3v) is 4.70. The number of halogens is 1. The number of carbonyl (C=O) groups is 1. The van der Waals surface area contributed by atoms with Gasteiger partial charge in [0, 0.05) is 54.4 Å². The first kappa shape index (κ1) is 17.5. The van der Waals surface area contributed by atoms with E-state index in [0.29, 0.717) is 18.8 Å². The summed E-state index contributed by atoms with van der Waals surface area (Å²) in [5.41, 5.74) is 6.22. The first-order valence-electron chi connectivity index (χ1n) is 8.34. The monoisotopic (exact) mass is 359 g/mol. The average molecular weight is 360 g/mol. The Morgan fingerprint density at radius 3 is 3.12 bits per heavy atom. The maximum absolute atomic E-state index is 12.4. The SMILES string of the molecule is Cc1cccc2[nH]cc(CCNC(=O)c3n[nH]c4c3CNCC4)c12.Cl. The van der Waals surface area contributed by atoms with Crippen molar-refractivity contribution in [2.75, 3.05) is 13.1 Å². The number of hydrogen-bond donors (Lipinski definition) is 4. The summed E-state index contributed by atoms with van der Waals surface area (Å²) in [5, 5.41) is 14.7. The zero-order chi connectivity index (χ0) is 16.5. The van der Waals surface area contributed by atoms with Gasteiger partial charge in [0.05, 0.1) is 0 Å². The number of aromatic amines is 2. The molecule has 7 heteroatoms. The standard InChI is InChI=1S/C18H21N5O.ClH/c1-11-3-2-4-15-16(11)12(9-21-15)5-8-20-18(24)17-13-10-19-7-6-14(13)22-23-17;/h2-4,9,19,21H,5-8,10H2,1H3,(H,20,24)(H,22,23);1H. The molecule has 0 bridgehead atoms. The molecule has 1 amide bonds. The number of rotatable bonds is 4. The summed E-state index contributed by atoms with van der Waals surface area (Å²) < 4.78 is 0. The summed E-state index contributed by atoms with van der Waals surface area (Å²) in [5.74, 6) is -0.104. The molecule has 0 atom stereocenters. The van der Waals surface area contributed by atoms with Crippen LogP contribution in [0.25, 0.3) is 10.9 Å². The van der Waals surface area contributed by atoms with Gasteiger partial charge in [-0.1, -0.05) is 12.1 Å². The molecular weight excluding hydrogens is 338 g/mol. The van der Waals surface area contributed by atoms with Gasteiger partial charge in [-0.3, -0.25) is 9.89 Å². The summed E-state index contributed by atoms with van der Waals surface area (Å²) in [6, 6.07) is 6.24. The lowest BCUT2D eigenvalue weighted by Crippen LogP contribution is -2.29. The van der Waals surface area contributed by atoms with E-state index in [4.69, 9.17) is 0 Å². The summed E-state index contributed by atoms with van der Waals surface area (Å²) >= 11 is 0. The van der Waals surface area contributed by atoms with E-state index >= 15 is 0 Å². The highest BCUT2D eigenvalue weighted by atomic mass is 35.5. The number of nitrogens with zero attached hydrogens (tertiary/aromatic N) is 1. The summed E-state index contributed by atoms with van der Waals surface area (Å²) in [7, 11) is 0. The number of fused-ring (bicyclic) bond motifs is 2. The van der Waals surface area contributed by atoms with Gasteiger partial charge in [0.2, 0.25) is 0 Å². The molecular formula is C18H22ClN5O. The minimum absolute atomic E-state index is 0. The minimum atomic E-state index is -0.104. The molecule has 6 nitrogen and oxygen atoms in total.